The van der Waals surface area contributed by atoms with Crippen LogP contribution in [-0.2, 0) is 9.84 Å². The first-order valence-electron chi connectivity index (χ1n) is 8.09. The smallest absolute Gasteiger partial charge is 0.214 e. The molecule has 4 nitrogen and oxygen atoms in total. The van der Waals surface area contributed by atoms with E-state index in [4.69, 9.17) is 0 Å². The zero-order valence-electron chi connectivity index (χ0n) is 13.7. The second kappa shape index (κ2) is 6.28. The van der Waals surface area contributed by atoms with Crippen molar-refractivity contribution in [3.8, 4) is 0 Å². The van der Waals surface area contributed by atoms with E-state index in [1.807, 2.05) is 30.3 Å². The summed E-state index contributed by atoms with van der Waals surface area (Å²) in [4.78, 5) is 14.6. The number of fused-ring (bicyclic) bond motifs is 1. The molecule has 5 heteroatoms. The van der Waals surface area contributed by atoms with Gasteiger partial charge in [-0.2, -0.15) is 0 Å². The average molecular weight is 361 g/mol. The van der Waals surface area contributed by atoms with Crippen LogP contribution >= 0.6 is 0 Å². The number of hydrogen-bond acceptors (Lipinski definition) is 4. The molecule has 0 aromatic heterocycles. The summed E-state index contributed by atoms with van der Waals surface area (Å²) in [6, 6.07) is 24.5. The molecule has 0 saturated heterocycles. The van der Waals surface area contributed by atoms with Crippen molar-refractivity contribution >= 4 is 27.0 Å². The van der Waals surface area contributed by atoms with Crippen LogP contribution in [0.2, 0.25) is 0 Å². The van der Waals surface area contributed by atoms with E-state index in [1.165, 1.54) is 12.3 Å². The maximum atomic E-state index is 13.1. The third-order valence-electron chi connectivity index (χ3n) is 4.24. The van der Waals surface area contributed by atoms with Gasteiger partial charge in [0.15, 0.2) is 0 Å². The number of sulfone groups is 1. The molecule has 0 N–H and O–H groups in total. The van der Waals surface area contributed by atoms with Crippen molar-refractivity contribution in [1.82, 2.24) is 0 Å². The minimum Gasteiger partial charge on any atom is -0.314 e. The number of anilines is 2. The van der Waals surface area contributed by atoms with E-state index in [-0.39, 0.29) is 9.80 Å². The monoisotopic (exact) mass is 361 g/mol. The first kappa shape index (κ1) is 16.3. The molecule has 3 aromatic carbocycles. The van der Waals surface area contributed by atoms with E-state index in [0.29, 0.717) is 11.3 Å². The van der Waals surface area contributed by atoms with E-state index in [9.17, 15) is 13.2 Å². The number of para-hydroxylation sites is 2. The second-order valence-electron chi connectivity index (χ2n) is 5.87. The minimum absolute atomic E-state index is 0.130. The van der Waals surface area contributed by atoms with E-state index < -0.39 is 15.6 Å². The van der Waals surface area contributed by atoms with Gasteiger partial charge in [-0.05, 0) is 24.3 Å². The Labute approximate surface area is 151 Å². The van der Waals surface area contributed by atoms with Gasteiger partial charge in [-0.1, -0.05) is 60.7 Å². The lowest BCUT2D eigenvalue weighted by Gasteiger charge is -2.28. The average Bonchev–Trinajstić information content (AvgIpc) is 2.69. The Bertz CT molecular complexity index is 1100. The lowest BCUT2D eigenvalue weighted by atomic mass is 10.1. The lowest BCUT2D eigenvalue weighted by molar-refractivity contribution is 0.104. The molecule has 0 saturated carbocycles. The quantitative estimate of drug-likeness (QED) is 0.651. The highest BCUT2D eigenvalue weighted by molar-refractivity contribution is 7.96. The molecule has 3 aromatic rings. The van der Waals surface area contributed by atoms with Gasteiger partial charge in [0, 0.05) is 17.5 Å². The van der Waals surface area contributed by atoms with Gasteiger partial charge in [0.05, 0.1) is 10.6 Å². The fourth-order valence-electron chi connectivity index (χ4n) is 2.97. The summed E-state index contributed by atoms with van der Waals surface area (Å²) in [5, 5.41) is 0. The van der Waals surface area contributed by atoms with E-state index in [1.54, 1.807) is 53.4 Å². The Hall–Kier alpha value is -3.18. The molecule has 0 atom stereocenters. The van der Waals surface area contributed by atoms with Gasteiger partial charge in [0.1, 0.15) is 4.91 Å². The fraction of sp³-hybridized carbons (Fsp3) is 0. The van der Waals surface area contributed by atoms with Gasteiger partial charge in [-0.15, -0.1) is 0 Å². The Kier molecular flexibility index (Phi) is 3.93. The number of carbonyl (C=O) groups is 1. The Morgan fingerprint density at radius 1 is 0.731 bits per heavy atom. The van der Waals surface area contributed by atoms with Crippen LogP contribution < -0.4 is 4.90 Å². The van der Waals surface area contributed by atoms with Gasteiger partial charge in [0.2, 0.25) is 15.6 Å². The number of Topliss-reactive ketones (excluding diaryl/α,β-unsaturated/α-hetero) is 1. The van der Waals surface area contributed by atoms with Gasteiger partial charge >= 0.3 is 0 Å². The minimum atomic E-state index is -3.90. The third kappa shape index (κ3) is 2.62. The molecule has 0 amide bonds. The predicted molar refractivity (Wildman–Crippen MR) is 101 cm³/mol. The van der Waals surface area contributed by atoms with Crippen molar-refractivity contribution in [2.24, 2.45) is 0 Å². The van der Waals surface area contributed by atoms with Crippen molar-refractivity contribution in [3.05, 3.63) is 102 Å². The number of nitrogens with zero attached hydrogens (tertiary/aromatic N) is 1. The van der Waals surface area contributed by atoms with Crippen LogP contribution in [0, 0.1) is 0 Å². The maximum Gasteiger partial charge on any atom is 0.214 e. The number of hydrogen-bond donors (Lipinski definition) is 0. The van der Waals surface area contributed by atoms with E-state index in [2.05, 4.69) is 0 Å². The molecule has 0 unspecified atom stereocenters. The Morgan fingerprint density at radius 3 is 2.00 bits per heavy atom. The Balaban J connectivity index is 1.94. The first-order valence-corrected chi connectivity index (χ1v) is 9.57. The first-order chi connectivity index (χ1) is 12.6. The molecule has 128 valence electrons. The van der Waals surface area contributed by atoms with Gasteiger partial charge in [0.25, 0.3) is 0 Å². The van der Waals surface area contributed by atoms with Crippen molar-refractivity contribution in [2.75, 3.05) is 4.90 Å². The topological polar surface area (TPSA) is 54.5 Å². The highest BCUT2D eigenvalue weighted by Crippen LogP contribution is 2.40. The van der Waals surface area contributed by atoms with Crippen molar-refractivity contribution in [3.63, 3.8) is 0 Å². The summed E-state index contributed by atoms with van der Waals surface area (Å²) < 4.78 is 26.2. The molecule has 0 bridgehead atoms. The molecule has 0 radical (unpaired) electrons. The van der Waals surface area contributed by atoms with Crippen LogP contribution in [0.3, 0.4) is 0 Å². The van der Waals surface area contributed by atoms with Crippen molar-refractivity contribution in [1.29, 1.82) is 0 Å². The summed E-state index contributed by atoms with van der Waals surface area (Å²) in [6.45, 7) is 0. The highest BCUT2D eigenvalue weighted by Gasteiger charge is 2.35. The molecule has 26 heavy (non-hydrogen) atoms. The van der Waals surface area contributed by atoms with Crippen LogP contribution in [0.25, 0.3) is 0 Å². The largest absolute Gasteiger partial charge is 0.314 e. The molecule has 0 spiro atoms. The maximum absolute atomic E-state index is 13.1. The molecule has 1 heterocycles. The Morgan fingerprint density at radius 2 is 1.31 bits per heavy atom. The number of allylic oxidation sites excluding steroid dienone is 1. The number of ketones is 1. The van der Waals surface area contributed by atoms with Crippen LogP contribution in [0.4, 0.5) is 11.4 Å². The molecule has 0 aliphatic carbocycles. The number of carbonyl (C=O) groups excluding carboxylic acids is 1. The SMILES string of the molecule is O=C(C1=CN(c2ccccc2)c2ccccc2S1(=O)=O)c1ccccc1. The predicted octanol–water partition coefficient (Wildman–Crippen LogP) is 4.34. The molecule has 1 aliphatic rings. The van der Waals surface area contributed by atoms with Crippen LogP contribution in [0.5, 0.6) is 0 Å². The van der Waals surface area contributed by atoms with Gasteiger partial charge in [-0.3, -0.25) is 4.79 Å². The summed E-state index contributed by atoms with van der Waals surface area (Å²) in [7, 11) is -3.90. The van der Waals surface area contributed by atoms with Crippen LogP contribution in [0.1, 0.15) is 10.4 Å². The van der Waals surface area contributed by atoms with E-state index in [0.717, 1.165) is 5.69 Å². The zero-order valence-corrected chi connectivity index (χ0v) is 14.6. The molecular formula is C21H15NO3S. The zero-order chi connectivity index (χ0) is 18.1. The highest BCUT2D eigenvalue weighted by atomic mass is 32.2. The molecule has 0 fully saturated rings. The van der Waals surface area contributed by atoms with E-state index >= 15 is 0 Å². The summed E-state index contributed by atoms with van der Waals surface area (Å²) in [5.74, 6) is -0.513. The second-order valence-corrected chi connectivity index (χ2v) is 7.75. The molecular weight excluding hydrogens is 346 g/mol. The number of benzene rings is 3. The standard InChI is InChI=1S/C21H15NO3S/c23-21(16-9-3-1-4-10-16)20-15-22(17-11-5-2-6-12-17)18-13-7-8-14-19(18)26(20,24)25/h1-15H. The molecule has 1 aliphatic heterocycles. The summed E-state index contributed by atoms with van der Waals surface area (Å²) >= 11 is 0. The van der Waals surface area contributed by atoms with Crippen LogP contribution in [-0.4, -0.2) is 14.2 Å². The van der Waals surface area contributed by atoms with Crippen molar-refractivity contribution < 1.29 is 13.2 Å². The van der Waals surface area contributed by atoms with Crippen molar-refractivity contribution in [2.45, 2.75) is 4.90 Å². The fourth-order valence-corrected chi connectivity index (χ4v) is 4.52. The lowest BCUT2D eigenvalue weighted by Crippen LogP contribution is -2.25. The molecule has 4 rings (SSSR count). The summed E-state index contributed by atoms with van der Waals surface area (Å²) in [5.41, 5.74) is 1.66. The summed E-state index contributed by atoms with van der Waals surface area (Å²) in [6.07, 6.45) is 1.42. The van der Waals surface area contributed by atoms with Gasteiger partial charge in [-0.25, -0.2) is 8.42 Å². The third-order valence-corrected chi connectivity index (χ3v) is 6.04. The number of rotatable bonds is 3. The van der Waals surface area contributed by atoms with Crippen LogP contribution in [0.15, 0.2) is 101 Å². The van der Waals surface area contributed by atoms with Gasteiger partial charge < -0.3 is 4.90 Å². The normalized spacial score (nSPS) is 15.1.